The van der Waals surface area contributed by atoms with Crippen molar-refractivity contribution in [2.45, 2.75) is 33.0 Å². The Kier molecular flexibility index (Phi) is 4.64. The van der Waals surface area contributed by atoms with Crippen molar-refractivity contribution in [3.63, 3.8) is 0 Å². The van der Waals surface area contributed by atoms with E-state index in [1.54, 1.807) is 0 Å². The summed E-state index contributed by atoms with van der Waals surface area (Å²) in [5.41, 5.74) is 9.87. The third kappa shape index (κ3) is 3.44. The molecule has 3 heteroatoms. The Morgan fingerprint density at radius 3 is 1.42 bits per heavy atom. The van der Waals surface area contributed by atoms with Gasteiger partial charge in [0.2, 0.25) is 0 Å². The summed E-state index contributed by atoms with van der Waals surface area (Å²) >= 11 is 0. The van der Waals surface area contributed by atoms with E-state index in [9.17, 15) is 0 Å². The Balaban J connectivity index is 1.51. The van der Waals surface area contributed by atoms with Crippen molar-refractivity contribution in [3.05, 3.63) is 71.8 Å². The van der Waals surface area contributed by atoms with E-state index in [1.807, 2.05) is 0 Å². The van der Waals surface area contributed by atoms with Gasteiger partial charge in [-0.3, -0.25) is 9.80 Å². The standard InChI is InChI=1S/C23H31N3/c1-22-15-25(13-19-9-5-3-6-10-19)17-23(2,21(22)24)18-26(16-22)14-20-11-7-4-8-12-20/h3-12,21H,13-18,24H2,1-2H3. The largest absolute Gasteiger partial charge is 0.327 e. The highest BCUT2D eigenvalue weighted by Gasteiger charge is 2.54. The molecular weight excluding hydrogens is 318 g/mol. The smallest absolute Gasteiger partial charge is 0.0234 e. The molecule has 4 rings (SSSR count). The van der Waals surface area contributed by atoms with Crippen LogP contribution in [0.15, 0.2) is 60.7 Å². The summed E-state index contributed by atoms with van der Waals surface area (Å²) < 4.78 is 0. The zero-order valence-electron chi connectivity index (χ0n) is 16.1. The summed E-state index contributed by atoms with van der Waals surface area (Å²) in [4.78, 5) is 5.25. The molecule has 0 amide bonds. The van der Waals surface area contributed by atoms with Crippen LogP contribution in [-0.2, 0) is 13.1 Å². The molecule has 0 aromatic heterocycles. The maximum absolute atomic E-state index is 6.81. The fourth-order valence-corrected chi connectivity index (χ4v) is 5.40. The molecular formula is C23H31N3. The normalized spacial score (nSPS) is 32.5. The monoisotopic (exact) mass is 349 g/mol. The first-order valence-corrected chi connectivity index (χ1v) is 9.75. The molecule has 0 saturated carbocycles. The lowest BCUT2D eigenvalue weighted by atomic mass is 9.61. The van der Waals surface area contributed by atoms with Crippen molar-refractivity contribution < 1.29 is 0 Å². The number of nitrogens with two attached hydrogens (primary N) is 1. The van der Waals surface area contributed by atoms with Crippen LogP contribution in [0.5, 0.6) is 0 Å². The van der Waals surface area contributed by atoms with Crippen molar-refractivity contribution in [1.29, 1.82) is 0 Å². The second-order valence-electron chi connectivity index (χ2n) is 9.05. The van der Waals surface area contributed by atoms with Gasteiger partial charge in [-0.05, 0) is 11.1 Å². The van der Waals surface area contributed by atoms with Crippen LogP contribution < -0.4 is 5.73 Å². The van der Waals surface area contributed by atoms with Crippen molar-refractivity contribution in [2.24, 2.45) is 16.6 Å². The van der Waals surface area contributed by atoms with Crippen molar-refractivity contribution in [1.82, 2.24) is 9.80 Å². The van der Waals surface area contributed by atoms with E-state index in [2.05, 4.69) is 84.3 Å². The average molecular weight is 350 g/mol. The first-order chi connectivity index (χ1) is 12.5. The van der Waals surface area contributed by atoms with Crippen LogP contribution >= 0.6 is 0 Å². The van der Waals surface area contributed by atoms with Gasteiger partial charge in [-0.25, -0.2) is 0 Å². The van der Waals surface area contributed by atoms with E-state index in [4.69, 9.17) is 5.73 Å². The van der Waals surface area contributed by atoms with Crippen molar-refractivity contribution in [3.8, 4) is 0 Å². The number of likely N-dealkylation sites (tertiary alicyclic amines) is 2. The lowest BCUT2D eigenvalue weighted by Crippen LogP contribution is -2.72. The number of hydrogen-bond donors (Lipinski definition) is 1. The highest BCUT2D eigenvalue weighted by Crippen LogP contribution is 2.45. The lowest BCUT2D eigenvalue weighted by molar-refractivity contribution is -0.0979. The third-order valence-electron chi connectivity index (χ3n) is 6.34. The second-order valence-corrected chi connectivity index (χ2v) is 9.05. The topological polar surface area (TPSA) is 32.5 Å². The van der Waals surface area contributed by atoms with Gasteiger partial charge in [0.25, 0.3) is 0 Å². The molecule has 2 fully saturated rings. The maximum Gasteiger partial charge on any atom is 0.0234 e. The maximum atomic E-state index is 6.81. The average Bonchev–Trinajstić information content (AvgIpc) is 2.60. The molecule has 0 aliphatic carbocycles. The molecule has 2 aliphatic heterocycles. The van der Waals surface area contributed by atoms with Gasteiger partial charge in [0.15, 0.2) is 0 Å². The first kappa shape index (κ1) is 17.7. The van der Waals surface area contributed by atoms with E-state index >= 15 is 0 Å². The van der Waals surface area contributed by atoms with Crippen LogP contribution in [0.4, 0.5) is 0 Å². The van der Waals surface area contributed by atoms with Gasteiger partial charge in [0, 0.05) is 56.1 Å². The predicted molar refractivity (Wildman–Crippen MR) is 108 cm³/mol. The second kappa shape index (κ2) is 6.80. The van der Waals surface area contributed by atoms with Crippen LogP contribution in [-0.4, -0.2) is 42.0 Å². The van der Waals surface area contributed by atoms with Crippen LogP contribution in [0.2, 0.25) is 0 Å². The quantitative estimate of drug-likeness (QED) is 0.919. The van der Waals surface area contributed by atoms with Gasteiger partial charge in [-0.2, -0.15) is 0 Å². The molecule has 2 heterocycles. The highest BCUT2D eigenvalue weighted by atomic mass is 15.2. The van der Waals surface area contributed by atoms with Gasteiger partial charge < -0.3 is 5.73 Å². The van der Waals surface area contributed by atoms with Crippen LogP contribution in [0, 0.1) is 10.8 Å². The van der Waals surface area contributed by atoms with E-state index < -0.39 is 0 Å². The van der Waals surface area contributed by atoms with E-state index in [0.717, 1.165) is 39.3 Å². The Morgan fingerprint density at radius 1 is 0.731 bits per heavy atom. The molecule has 0 spiro atoms. The van der Waals surface area contributed by atoms with E-state index in [0.29, 0.717) is 0 Å². The summed E-state index contributed by atoms with van der Waals surface area (Å²) in [5, 5.41) is 0. The fraction of sp³-hybridized carbons (Fsp3) is 0.478. The molecule has 26 heavy (non-hydrogen) atoms. The van der Waals surface area contributed by atoms with Gasteiger partial charge in [0.05, 0.1) is 0 Å². The molecule has 3 nitrogen and oxygen atoms in total. The number of benzene rings is 2. The zero-order chi connectivity index (χ0) is 18.2. The SMILES string of the molecule is CC12CN(Cc3ccccc3)CC(C)(CN(Cc3ccccc3)C1)C2N. The number of fused-ring (bicyclic) bond motifs is 2. The summed E-state index contributed by atoms with van der Waals surface area (Å²) in [6.07, 6.45) is 0. The fourth-order valence-electron chi connectivity index (χ4n) is 5.40. The number of hydrogen-bond acceptors (Lipinski definition) is 3. The summed E-state index contributed by atoms with van der Waals surface area (Å²) in [7, 11) is 0. The van der Waals surface area contributed by atoms with Gasteiger partial charge in [0.1, 0.15) is 0 Å². The van der Waals surface area contributed by atoms with Gasteiger partial charge >= 0.3 is 0 Å². The summed E-state index contributed by atoms with van der Waals surface area (Å²) in [6.45, 7) is 11.1. The molecule has 2 bridgehead atoms. The number of nitrogens with zero attached hydrogens (tertiary/aromatic N) is 2. The third-order valence-corrected chi connectivity index (χ3v) is 6.34. The minimum absolute atomic E-state index is 0.134. The molecule has 2 saturated heterocycles. The van der Waals surface area contributed by atoms with Gasteiger partial charge in [-0.1, -0.05) is 74.5 Å². The lowest BCUT2D eigenvalue weighted by Gasteiger charge is -2.61. The molecule has 2 aliphatic rings. The minimum Gasteiger partial charge on any atom is -0.327 e. The Hall–Kier alpha value is -1.68. The summed E-state index contributed by atoms with van der Waals surface area (Å²) in [5.74, 6) is 0. The number of rotatable bonds is 4. The molecule has 2 aromatic rings. The highest BCUT2D eigenvalue weighted by molar-refractivity contribution is 5.18. The molecule has 138 valence electrons. The van der Waals surface area contributed by atoms with Crippen molar-refractivity contribution >= 4 is 0 Å². The van der Waals surface area contributed by atoms with Gasteiger partial charge in [-0.15, -0.1) is 0 Å². The van der Waals surface area contributed by atoms with E-state index in [1.165, 1.54) is 11.1 Å². The van der Waals surface area contributed by atoms with Crippen LogP contribution in [0.25, 0.3) is 0 Å². The minimum atomic E-state index is 0.134. The Morgan fingerprint density at radius 2 is 1.08 bits per heavy atom. The molecule has 0 unspecified atom stereocenters. The molecule has 0 atom stereocenters. The molecule has 2 N–H and O–H groups in total. The molecule has 2 aromatic carbocycles. The van der Waals surface area contributed by atoms with Crippen LogP contribution in [0.3, 0.4) is 0 Å². The predicted octanol–water partition coefficient (Wildman–Crippen LogP) is 3.36. The Bertz CT molecular complexity index is 652. The van der Waals surface area contributed by atoms with Crippen LogP contribution in [0.1, 0.15) is 25.0 Å². The zero-order valence-corrected chi connectivity index (χ0v) is 16.1. The van der Waals surface area contributed by atoms with Crippen molar-refractivity contribution in [2.75, 3.05) is 26.2 Å². The first-order valence-electron chi connectivity index (χ1n) is 9.75. The Labute approximate surface area is 157 Å². The number of piperidine rings is 2. The van der Waals surface area contributed by atoms with E-state index in [-0.39, 0.29) is 16.9 Å². The summed E-state index contributed by atoms with van der Waals surface area (Å²) in [6, 6.07) is 21.9. The molecule has 0 radical (unpaired) electrons.